The number of fused-ring (bicyclic) bond motifs is 3. The number of H-pyrrole nitrogens is 1. The lowest BCUT2D eigenvalue weighted by atomic mass is 9.66. The zero-order valence-electron chi connectivity index (χ0n) is 16.8. The van der Waals surface area contributed by atoms with E-state index >= 15 is 0 Å². The first-order valence-electron chi connectivity index (χ1n) is 11.1. The Morgan fingerprint density at radius 2 is 1.89 bits per heavy atom. The van der Waals surface area contributed by atoms with Crippen LogP contribution >= 0.6 is 0 Å². The van der Waals surface area contributed by atoms with Crippen molar-refractivity contribution >= 4 is 5.82 Å². The molecular formula is C22H31N5O. The Morgan fingerprint density at radius 3 is 2.61 bits per heavy atom. The van der Waals surface area contributed by atoms with Gasteiger partial charge in [-0.15, -0.1) is 0 Å². The number of nitrogens with one attached hydrogen (secondary N) is 3. The van der Waals surface area contributed by atoms with Gasteiger partial charge in [-0.25, -0.2) is 4.98 Å². The zero-order valence-corrected chi connectivity index (χ0v) is 16.8. The number of aromatic amines is 1. The lowest BCUT2D eigenvalue weighted by molar-refractivity contribution is 0.0853. The summed E-state index contributed by atoms with van der Waals surface area (Å²) in [5, 5.41) is 7.12. The first-order valence-corrected chi connectivity index (χ1v) is 11.1. The van der Waals surface area contributed by atoms with Crippen molar-refractivity contribution in [2.45, 2.75) is 63.3 Å². The van der Waals surface area contributed by atoms with E-state index in [0.717, 1.165) is 31.9 Å². The molecule has 4 aliphatic rings. The van der Waals surface area contributed by atoms with Gasteiger partial charge in [-0.3, -0.25) is 4.57 Å². The molecule has 2 saturated heterocycles. The van der Waals surface area contributed by atoms with Crippen LogP contribution in [0.2, 0.25) is 0 Å². The van der Waals surface area contributed by atoms with E-state index in [-0.39, 0.29) is 6.04 Å². The molecule has 6 nitrogen and oxygen atoms in total. The van der Waals surface area contributed by atoms with Crippen LogP contribution in [0.4, 0.5) is 5.82 Å². The molecule has 3 aliphatic heterocycles. The van der Waals surface area contributed by atoms with Crippen LogP contribution in [-0.2, 0) is 4.74 Å². The van der Waals surface area contributed by atoms with Gasteiger partial charge in [0.05, 0.1) is 17.4 Å². The summed E-state index contributed by atoms with van der Waals surface area (Å²) in [6, 6.07) is 0.230. The molecule has 1 spiro atoms. The van der Waals surface area contributed by atoms with Crippen molar-refractivity contribution < 1.29 is 4.74 Å². The van der Waals surface area contributed by atoms with Crippen LogP contribution in [0.5, 0.6) is 0 Å². The van der Waals surface area contributed by atoms with E-state index in [9.17, 15) is 0 Å². The number of rotatable bonds is 2. The molecule has 3 N–H and O–H groups in total. The Kier molecular flexibility index (Phi) is 3.88. The van der Waals surface area contributed by atoms with Crippen LogP contribution in [0.15, 0.2) is 12.4 Å². The summed E-state index contributed by atoms with van der Waals surface area (Å²) in [6.45, 7) is 6.41. The second kappa shape index (κ2) is 6.36. The van der Waals surface area contributed by atoms with E-state index in [0.29, 0.717) is 17.3 Å². The molecule has 0 aromatic carbocycles. The fourth-order valence-electron chi connectivity index (χ4n) is 5.85. The standard InChI is InChI=1S/C22H31N5O/c1-14-21-26-18(16-2-6-22(7-3-16)12-23-13-22)11-27(21)19-17(10-24-20(19)25-14)15-4-8-28-9-5-15/h10-11,14-16,23-25H,2-9,12-13H2,1H3. The molecule has 28 heavy (non-hydrogen) atoms. The summed E-state index contributed by atoms with van der Waals surface area (Å²) < 4.78 is 7.98. The van der Waals surface area contributed by atoms with Crippen LogP contribution in [0.25, 0.3) is 5.69 Å². The molecule has 2 aromatic rings. The SMILES string of the molecule is CC1Nc2[nH]cc(C3CCOCC3)c2-n2cc(C3CCC4(CC3)CNC4)nc21. The van der Waals surface area contributed by atoms with Gasteiger partial charge in [0.1, 0.15) is 11.6 Å². The van der Waals surface area contributed by atoms with E-state index in [2.05, 4.69) is 39.5 Å². The van der Waals surface area contributed by atoms with E-state index in [1.54, 1.807) is 0 Å². The topological polar surface area (TPSA) is 66.9 Å². The molecular weight excluding hydrogens is 350 g/mol. The molecule has 0 radical (unpaired) electrons. The minimum Gasteiger partial charge on any atom is -0.381 e. The van der Waals surface area contributed by atoms with Gasteiger partial charge in [0.2, 0.25) is 0 Å². The fraction of sp³-hybridized carbons (Fsp3) is 0.682. The van der Waals surface area contributed by atoms with Crippen molar-refractivity contribution in [2.75, 3.05) is 31.6 Å². The molecule has 5 heterocycles. The molecule has 1 saturated carbocycles. The predicted octanol–water partition coefficient (Wildman–Crippen LogP) is 3.83. The summed E-state index contributed by atoms with van der Waals surface area (Å²) in [5.74, 6) is 3.50. The Balaban J connectivity index is 1.32. The maximum Gasteiger partial charge on any atom is 0.136 e. The first kappa shape index (κ1) is 17.1. The van der Waals surface area contributed by atoms with Crippen molar-refractivity contribution in [2.24, 2.45) is 5.41 Å². The molecule has 0 amide bonds. The second-order valence-electron chi connectivity index (χ2n) is 9.49. The lowest BCUT2D eigenvalue weighted by Gasteiger charge is -2.47. The molecule has 1 atom stereocenters. The second-order valence-corrected chi connectivity index (χ2v) is 9.49. The van der Waals surface area contributed by atoms with Gasteiger partial charge >= 0.3 is 0 Å². The van der Waals surface area contributed by atoms with Gasteiger partial charge in [0, 0.05) is 44.6 Å². The minimum absolute atomic E-state index is 0.230. The van der Waals surface area contributed by atoms with E-state index in [1.165, 1.54) is 61.5 Å². The van der Waals surface area contributed by atoms with E-state index in [4.69, 9.17) is 9.72 Å². The summed E-state index contributed by atoms with van der Waals surface area (Å²) in [7, 11) is 0. The largest absolute Gasteiger partial charge is 0.381 e. The Bertz CT molecular complexity index is 864. The molecule has 3 fully saturated rings. The Morgan fingerprint density at radius 1 is 1.11 bits per heavy atom. The monoisotopic (exact) mass is 381 g/mol. The van der Waals surface area contributed by atoms with Crippen molar-refractivity contribution in [3.63, 3.8) is 0 Å². The van der Waals surface area contributed by atoms with Crippen LogP contribution < -0.4 is 10.6 Å². The van der Waals surface area contributed by atoms with Crippen molar-refractivity contribution in [3.05, 3.63) is 29.5 Å². The fourth-order valence-corrected chi connectivity index (χ4v) is 5.85. The van der Waals surface area contributed by atoms with Crippen LogP contribution in [0.1, 0.15) is 80.4 Å². The lowest BCUT2D eigenvalue weighted by Crippen LogP contribution is -2.54. The number of anilines is 1. The van der Waals surface area contributed by atoms with Gasteiger partial charge in [-0.05, 0) is 62.3 Å². The van der Waals surface area contributed by atoms with E-state index in [1.807, 2.05) is 0 Å². The normalized spacial score (nSPS) is 27.1. The highest BCUT2D eigenvalue weighted by molar-refractivity contribution is 5.66. The van der Waals surface area contributed by atoms with Crippen molar-refractivity contribution in [1.82, 2.24) is 19.9 Å². The number of aromatic nitrogens is 3. The molecule has 0 bridgehead atoms. The molecule has 1 unspecified atom stereocenters. The quantitative estimate of drug-likeness (QED) is 0.740. The van der Waals surface area contributed by atoms with Crippen molar-refractivity contribution in [1.29, 1.82) is 0 Å². The van der Waals surface area contributed by atoms with Crippen LogP contribution in [-0.4, -0.2) is 40.8 Å². The van der Waals surface area contributed by atoms with E-state index < -0.39 is 0 Å². The van der Waals surface area contributed by atoms with Gasteiger partial charge in [0.15, 0.2) is 0 Å². The minimum atomic E-state index is 0.230. The average Bonchev–Trinajstić information content (AvgIpc) is 3.32. The third kappa shape index (κ3) is 2.57. The zero-order chi connectivity index (χ0) is 18.7. The number of ether oxygens (including phenoxy) is 1. The summed E-state index contributed by atoms with van der Waals surface area (Å²) in [5.41, 5.74) is 4.63. The molecule has 6 heteroatoms. The third-order valence-electron chi connectivity index (χ3n) is 7.75. The number of hydrogen-bond acceptors (Lipinski definition) is 4. The van der Waals surface area contributed by atoms with Gasteiger partial charge in [-0.2, -0.15) is 0 Å². The summed E-state index contributed by atoms with van der Waals surface area (Å²) in [4.78, 5) is 8.66. The summed E-state index contributed by atoms with van der Waals surface area (Å²) >= 11 is 0. The smallest absolute Gasteiger partial charge is 0.136 e. The van der Waals surface area contributed by atoms with Gasteiger partial charge < -0.3 is 20.4 Å². The molecule has 150 valence electrons. The highest BCUT2D eigenvalue weighted by atomic mass is 16.5. The highest BCUT2D eigenvalue weighted by Gasteiger charge is 2.41. The average molecular weight is 382 g/mol. The van der Waals surface area contributed by atoms with Crippen LogP contribution in [0.3, 0.4) is 0 Å². The summed E-state index contributed by atoms with van der Waals surface area (Å²) in [6.07, 6.45) is 12.0. The third-order valence-corrected chi connectivity index (χ3v) is 7.75. The Labute approximate surface area is 166 Å². The van der Waals surface area contributed by atoms with Gasteiger partial charge in [0.25, 0.3) is 0 Å². The molecule has 1 aliphatic carbocycles. The molecule has 6 rings (SSSR count). The van der Waals surface area contributed by atoms with Crippen LogP contribution in [0, 0.1) is 5.41 Å². The molecule has 2 aromatic heterocycles. The maximum absolute atomic E-state index is 5.59. The maximum atomic E-state index is 5.59. The highest BCUT2D eigenvalue weighted by Crippen LogP contribution is 2.46. The number of nitrogens with zero attached hydrogens (tertiary/aromatic N) is 2. The van der Waals surface area contributed by atoms with Crippen molar-refractivity contribution in [3.8, 4) is 5.69 Å². The van der Waals surface area contributed by atoms with Gasteiger partial charge in [-0.1, -0.05) is 0 Å². The Hall–Kier alpha value is -1.79. The predicted molar refractivity (Wildman–Crippen MR) is 109 cm³/mol. The number of hydrogen-bond donors (Lipinski definition) is 3. The first-order chi connectivity index (χ1) is 13.7. The number of imidazole rings is 1.